The number of hydrogen-bond donors (Lipinski definition) is 2. The number of aryl methyl sites for hydroxylation is 1. The topological polar surface area (TPSA) is 98.7 Å². The molecule has 3 N–H and O–H groups in total. The zero-order chi connectivity index (χ0) is 21.3. The highest BCUT2D eigenvalue weighted by molar-refractivity contribution is 7.99. The fraction of sp³-hybridized carbons (Fsp3) is 0.200. The summed E-state index contributed by atoms with van der Waals surface area (Å²) in [6, 6.07) is 9.17. The van der Waals surface area contributed by atoms with E-state index in [0.29, 0.717) is 28.2 Å². The Balaban J connectivity index is 1.52. The Labute approximate surface area is 186 Å². The first-order valence-electron chi connectivity index (χ1n) is 9.23. The smallest absolute Gasteiger partial charge is 0.234 e. The van der Waals surface area contributed by atoms with Crippen LogP contribution in [0.25, 0.3) is 20.9 Å². The number of nitrogen functional groups attached to an aromatic ring is 1. The van der Waals surface area contributed by atoms with Gasteiger partial charge in [-0.1, -0.05) is 23.4 Å². The number of amides is 1. The summed E-state index contributed by atoms with van der Waals surface area (Å²) in [7, 11) is 0. The van der Waals surface area contributed by atoms with Crippen LogP contribution in [0, 0.1) is 6.92 Å². The second-order valence-electron chi connectivity index (χ2n) is 6.55. The van der Waals surface area contributed by atoms with Crippen molar-refractivity contribution in [3.8, 4) is 10.7 Å². The van der Waals surface area contributed by atoms with Gasteiger partial charge in [-0.3, -0.25) is 4.79 Å². The summed E-state index contributed by atoms with van der Waals surface area (Å²) in [5.41, 5.74) is 8.65. The lowest BCUT2D eigenvalue weighted by Crippen LogP contribution is -2.15. The Hall–Kier alpha value is -2.62. The van der Waals surface area contributed by atoms with Crippen molar-refractivity contribution in [2.75, 3.05) is 16.8 Å². The molecule has 3 aromatic heterocycles. The second-order valence-corrected chi connectivity index (χ2v) is 8.93. The summed E-state index contributed by atoms with van der Waals surface area (Å²) in [5.74, 6) is 0.779. The summed E-state index contributed by atoms with van der Waals surface area (Å²) in [6.45, 7) is 4.57. The monoisotopic (exact) mass is 458 g/mol. The molecule has 1 aromatic carbocycles. The number of rotatable bonds is 6. The molecule has 0 radical (unpaired) electrons. The molecule has 154 valence electrons. The van der Waals surface area contributed by atoms with Gasteiger partial charge in [-0.2, -0.15) is 0 Å². The van der Waals surface area contributed by atoms with Crippen LogP contribution < -0.4 is 11.1 Å². The van der Waals surface area contributed by atoms with Gasteiger partial charge in [0, 0.05) is 28.8 Å². The number of nitrogens with one attached hydrogen (secondary N) is 1. The number of nitrogens with two attached hydrogens (primary N) is 1. The van der Waals surface area contributed by atoms with Crippen molar-refractivity contribution in [1.82, 2.24) is 19.7 Å². The molecule has 0 spiro atoms. The molecule has 4 aromatic rings. The number of halogens is 1. The summed E-state index contributed by atoms with van der Waals surface area (Å²) >= 11 is 8.80. The van der Waals surface area contributed by atoms with Crippen LogP contribution in [0.1, 0.15) is 12.5 Å². The van der Waals surface area contributed by atoms with Gasteiger partial charge in [-0.05, 0) is 49.7 Å². The molecule has 0 bridgehead atoms. The largest absolute Gasteiger partial charge is 0.397 e. The molecule has 0 saturated carbocycles. The highest BCUT2D eigenvalue weighted by Gasteiger charge is 2.20. The van der Waals surface area contributed by atoms with Gasteiger partial charge in [0.15, 0.2) is 11.0 Å². The summed E-state index contributed by atoms with van der Waals surface area (Å²) < 4.78 is 1.96. The Bertz CT molecular complexity index is 1240. The molecular weight excluding hydrogens is 440 g/mol. The minimum atomic E-state index is -0.122. The molecular formula is C20H19ClN6OS2. The van der Waals surface area contributed by atoms with Gasteiger partial charge in [0.25, 0.3) is 0 Å². The first kappa shape index (κ1) is 20.6. The summed E-state index contributed by atoms with van der Waals surface area (Å²) in [5, 5.41) is 13.8. The van der Waals surface area contributed by atoms with Gasteiger partial charge < -0.3 is 15.6 Å². The number of carbonyl (C=O) groups excluding carboxylic acids is 1. The third-order valence-electron chi connectivity index (χ3n) is 4.54. The highest BCUT2D eigenvalue weighted by Crippen LogP contribution is 2.39. The molecule has 0 aliphatic rings. The summed E-state index contributed by atoms with van der Waals surface area (Å²) in [4.78, 5) is 18.5. The average Bonchev–Trinajstić information content (AvgIpc) is 3.29. The lowest BCUT2D eigenvalue weighted by molar-refractivity contribution is -0.113. The standard InChI is InChI=1S/C20H19ClN6OS2/c1-3-27-18(17-16(22)13-5-4-8-23-19(13)30-17)25-26-20(27)29-10-15(28)24-14-7-6-12(21)9-11(14)2/h4-9H,3,10,22H2,1-2H3,(H,24,28). The van der Waals surface area contributed by atoms with E-state index in [-0.39, 0.29) is 11.7 Å². The fourth-order valence-electron chi connectivity index (χ4n) is 3.05. The maximum Gasteiger partial charge on any atom is 0.234 e. The number of fused-ring (bicyclic) bond motifs is 1. The highest BCUT2D eigenvalue weighted by atomic mass is 35.5. The van der Waals surface area contributed by atoms with Crippen LogP contribution in [0.5, 0.6) is 0 Å². The minimum Gasteiger partial charge on any atom is -0.397 e. The van der Waals surface area contributed by atoms with Crippen molar-refractivity contribution in [2.45, 2.75) is 25.5 Å². The predicted molar refractivity (Wildman–Crippen MR) is 124 cm³/mol. The Kier molecular flexibility index (Phi) is 5.94. The molecule has 4 rings (SSSR count). The van der Waals surface area contributed by atoms with Gasteiger partial charge in [0.1, 0.15) is 4.83 Å². The molecule has 0 unspecified atom stereocenters. The average molecular weight is 459 g/mol. The number of nitrogens with zero attached hydrogens (tertiary/aromatic N) is 4. The predicted octanol–water partition coefficient (Wildman–Crippen LogP) is 4.85. The van der Waals surface area contributed by atoms with Crippen LogP contribution in [-0.4, -0.2) is 31.4 Å². The van der Waals surface area contributed by atoms with E-state index in [1.807, 2.05) is 36.6 Å². The van der Waals surface area contributed by atoms with Gasteiger partial charge in [-0.15, -0.1) is 21.5 Å². The molecule has 0 aliphatic carbocycles. The van der Waals surface area contributed by atoms with E-state index in [2.05, 4.69) is 20.5 Å². The van der Waals surface area contributed by atoms with E-state index in [1.54, 1.807) is 18.3 Å². The van der Waals surface area contributed by atoms with Crippen molar-refractivity contribution < 1.29 is 4.79 Å². The van der Waals surface area contributed by atoms with Crippen LogP contribution in [0.4, 0.5) is 11.4 Å². The number of benzene rings is 1. The Morgan fingerprint density at radius 1 is 1.33 bits per heavy atom. The number of aromatic nitrogens is 4. The molecule has 7 nitrogen and oxygen atoms in total. The first-order chi connectivity index (χ1) is 14.5. The maximum absolute atomic E-state index is 12.4. The molecule has 0 aliphatic heterocycles. The van der Waals surface area contributed by atoms with E-state index >= 15 is 0 Å². The lowest BCUT2D eigenvalue weighted by atomic mass is 10.2. The molecule has 1 amide bonds. The van der Waals surface area contributed by atoms with Crippen LogP contribution in [-0.2, 0) is 11.3 Å². The number of hydrogen-bond acceptors (Lipinski definition) is 7. The number of carbonyl (C=O) groups is 1. The van der Waals surface area contributed by atoms with Gasteiger partial charge in [0.05, 0.1) is 16.3 Å². The Morgan fingerprint density at radius 3 is 2.90 bits per heavy atom. The van der Waals surface area contributed by atoms with Gasteiger partial charge in [-0.25, -0.2) is 4.98 Å². The minimum absolute atomic E-state index is 0.122. The van der Waals surface area contributed by atoms with E-state index in [4.69, 9.17) is 17.3 Å². The van der Waals surface area contributed by atoms with Crippen molar-refractivity contribution in [3.63, 3.8) is 0 Å². The van der Waals surface area contributed by atoms with Crippen LogP contribution in [0.2, 0.25) is 5.02 Å². The third-order valence-corrected chi connectivity index (χ3v) is 6.86. The normalized spacial score (nSPS) is 11.2. The van der Waals surface area contributed by atoms with Crippen molar-refractivity contribution in [1.29, 1.82) is 0 Å². The molecule has 10 heteroatoms. The first-order valence-corrected chi connectivity index (χ1v) is 11.4. The number of thioether (sulfide) groups is 1. The van der Waals surface area contributed by atoms with Crippen LogP contribution in [0.15, 0.2) is 41.7 Å². The third kappa shape index (κ3) is 4.00. The van der Waals surface area contributed by atoms with Crippen LogP contribution in [0.3, 0.4) is 0 Å². The Morgan fingerprint density at radius 2 is 2.17 bits per heavy atom. The quantitative estimate of drug-likeness (QED) is 0.401. The fourth-order valence-corrected chi connectivity index (χ4v) is 5.14. The molecule has 0 saturated heterocycles. The van der Waals surface area contributed by atoms with Gasteiger partial charge >= 0.3 is 0 Å². The van der Waals surface area contributed by atoms with E-state index in [0.717, 1.165) is 26.3 Å². The van der Waals surface area contributed by atoms with Gasteiger partial charge in [0.2, 0.25) is 5.91 Å². The van der Waals surface area contributed by atoms with Crippen molar-refractivity contribution in [3.05, 3.63) is 47.1 Å². The molecule has 3 heterocycles. The van der Waals surface area contributed by atoms with E-state index in [9.17, 15) is 4.79 Å². The van der Waals surface area contributed by atoms with Crippen molar-refractivity contribution in [2.24, 2.45) is 0 Å². The maximum atomic E-state index is 12.4. The summed E-state index contributed by atoms with van der Waals surface area (Å²) in [6.07, 6.45) is 1.74. The SMILES string of the molecule is CCn1c(SCC(=O)Nc2ccc(Cl)cc2C)nnc1-c1sc2ncccc2c1N. The molecule has 30 heavy (non-hydrogen) atoms. The van der Waals surface area contributed by atoms with Crippen molar-refractivity contribution >= 4 is 62.2 Å². The lowest BCUT2D eigenvalue weighted by Gasteiger charge is -2.09. The van der Waals surface area contributed by atoms with E-state index in [1.165, 1.54) is 23.1 Å². The second kappa shape index (κ2) is 8.63. The molecule has 0 fully saturated rings. The number of pyridine rings is 1. The zero-order valence-corrected chi connectivity index (χ0v) is 18.7. The number of anilines is 2. The van der Waals surface area contributed by atoms with E-state index < -0.39 is 0 Å². The van der Waals surface area contributed by atoms with Crippen LogP contribution >= 0.6 is 34.7 Å². The number of thiophene rings is 1. The zero-order valence-electron chi connectivity index (χ0n) is 16.3. The molecule has 0 atom stereocenters.